The average molecular weight is 506 g/mol. The highest BCUT2D eigenvalue weighted by atomic mass is 127. The molecule has 0 bridgehead atoms. The topological polar surface area (TPSA) is 91.7 Å². The van der Waals surface area contributed by atoms with E-state index in [1.165, 1.54) is 16.7 Å². The molecule has 0 saturated heterocycles. The second-order valence-corrected chi connectivity index (χ2v) is 7.65. The fourth-order valence-corrected chi connectivity index (χ4v) is 3.45. The van der Waals surface area contributed by atoms with Gasteiger partial charge in [-0.1, -0.05) is 54.1 Å². The molecule has 0 radical (unpaired) electrons. The van der Waals surface area contributed by atoms with Gasteiger partial charge < -0.3 is 10.2 Å². The van der Waals surface area contributed by atoms with Crippen molar-refractivity contribution in [1.29, 1.82) is 0 Å². The van der Waals surface area contributed by atoms with E-state index in [-0.39, 0.29) is 0 Å². The van der Waals surface area contributed by atoms with E-state index in [4.69, 9.17) is 10.2 Å². The molecule has 3 aromatic rings. The largest absolute Gasteiger partial charge is 0.478 e. The van der Waals surface area contributed by atoms with E-state index < -0.39 is 33.1 Å². The molecule has 5 nitrogen and oxygen atoms in total. The van der Waals surface area contributed by atoms with Gasteiger partial charge in [0, 0.05) is 0 Å². The molecule has 2 N–H and O–H groups in total. The zero-order valence-electron chi connectivity index (χ0n) is 16.4. The molecule has 0 aliphatic carbocycles. The molecule has 0 aromatic heterocycles. The van der Waals surface area contributed by atoms with Crippen LogP contribution >= 0.6 is 21.2 Å². The number of halogens is 1. The molecule has 0 amide bonds. The first-order valence-corrected chi connectivity index (χ1v) is 10.6. The van der Waals surface area contributed by atoms with Crippen LogP contribution in [0.2, 0.25) is 0 Å². The molecule has 0 aliphatic heterocycles. The number of hydrogen-bond donors (Lipinski definition) is 2. The Morgan fingerprint density at radius 3 is 1.28 bits per heavy atom. The van der Waals surface area contributed by atoms with Gasteiger partial charge in [0.25, 0.3) is 0 Å². The lowest BCUT2D eigenvalue weighted by Crippen LogP contribution is -1.93. The highest BCUT2D eigenvalue weighted by molar-refractivity contribution is 14.1. The molecule has 0 heterocycles. The molecule has 0 unspecified atom stereocenters. The van der Waals surface area contributed by atoms with Crippen LogP contribution in [-0.2, 0) is 3.07 Å². The maximum atomic E-state index is 10.8. The predicted molar refractivity (Wildman–Crippen MR) is 121 cm³/mol. The van der Waals surface area contributed by atoms with Gasteiger partial charge in [-0.15, -0.1) is 0 Å². The number of carbonyl (C=O) groups is 2. The Morgan fingerprint density at radius 2 is 1.03 bits per heavy atom. The number of aryl methyl sites for hydroxylation is 3. The van der Waals surface area contributed by atoms with Crippen molar-refractivity contribution < 1.29 is 22.9 Å². The first kappa shape index (κ1) is 24.2. The maximum Gasteiger partial charge on any atom is 0.335 e. The Morgan fingerprint density at radius 1 is 0.690 bits per heavy atom. The molecule has 3 aromatic carbocycles. The summed E-state index contributed by atoms with van der Waals surface area (Å²) >= 11 is -0.997. The second-order valence-electron chi connectivity index (χ2n) is 6.13. The van der Waals surface area contributed by atoms with Crippen molar-refractivity contribution in [3.63, 3.8) is 0 Å². The van der Waals surface area contributed by atoms with Crippen LogP contribution in [0.5, 0.6) is 0 Å². The molecule has 6 heteroatoms. The Kier molecular flexibility index (Phi) is 10.5. The van der Waals surface area contributed by atoms with E-state index in [1.54, 1.807) is 60.7 Å². The highest BCUT2D eigenvalue weighted by Crippen LogP contribution is 2.21. The molecule has 0 saturated carbocycles. The van der Waals surface area contributed by atoms with Crippen molar-refractivity contribution in [2.75, 3.05) is 0 Å². The van der Waals surface area contributed by atoms with Gasteiger partial charge in [-0.3, -0.25) is 3.07 Å². The van der Waals surface area contributed by atoms with Crippen molar-refractivity contribution in [1.82, 2.24) is 0 Å². The van der Waals surface area contributed by atoms with Crippen LogP contribution in [0.25, 0.3) is 0 Å². The quantitative estimate of drug-likeness (QED) is 0.434. The lowest BCUT2D eigenvalue weighted by atomic mass is 10.1. The summed E-state index contributed by atoms with van der Waals surface area (Å²) in [4.78, 5) is 20.4. The highest BCUT2D eigenvalue weighted by Gasteiger charge is 2.02. The minimum absolute atomic E-state index is 0.331. The van der Waals surface area contributed by atoms with Crippen molar-refractivity contribution in [2.45, 2.75) is 20.8 Å². The van der Waals surface area contributed by atoms with Crippen LogP contribution in [0.15, 0.2) is 72.8 Å². The summed E-state index contributed by atoms with van der Waals surface area (Å²) in [5.41, 5.74) is 4.26. The predicted octanol–water partition coefficient (Wildman–Crippen LogP) is 5.87. The van der Waals surface area contributed by atoms with Gasteiger partial charge in [0.2, 0.25) is 0 Å². The standard InChI is InChI=1S/C9H11IO.2C7H6O2/c1-6-4-7(2)9(10-11)8(3)5-6;2*8-7(9)6-4-2-1-3-5-6/h4-5H,1-3H3;2*1-5H,(H,8,9). The maximum absolute atomic E-state index is 10.8. The Balaban J connectivity index is 0.000000219. The van der Waals surface area contributed by atoms with Gasteiger partial charge in [-0.2, -0.15) is 0 Å². The van der Waals surface area contributed by atoms with Gasteiger partial charge in [-0.25, -0.2) is 9.59 Å². The van der Waals surface area contributed by atoms with Crippen LogP contribution in [0.3, 0.4) is 0 Å². The van der Waals surface area contributed by atoms with Crippen molar-refractivity contribution in [2.24, 2.45) is 0 Å². The molecule has 152 valence electrons. The van der Waals surface area contributed by atoms with Gasteiger partial charge in [0.15, 0.2) is 21.2 Å². The summed E-state index contributed by atoms with van der Waals surface area (Å²) < 4.78 is 11.9. The van der Waals surface area contributed by atoms with Crippen LogP contribution < -0.4 is 0 Å². The summed E-state index contributed by atoms with van der Waals surface area (Å²) in [7, 11) is 0. The van der Waals surface area contributed by atoms with Gasteiger partial charge in [-0.05, 0) is 56.2 Å². The van der Waals surface area contributed by atoms with Gasteiger partial charge in [0.1, 0.15) is 0 Å². The molecule has 0 aliphatic rings. The summed E-state index contributed by atoms with van der Waals surface area (Å²) in [6.07, 6.45) is 0. The Bertz CT molecular complexity index is 881. The number of rotatable bonds is 3. The van der Waals surface area contributed by atoms with E-state index in [0.717, 1.165) is 3.57 Å². The zero-order chi connectivity index (χ0) is 21.8. The van der Waals surface area contributed by atoms with E-state index in [1.807, 2.05) is 13.8 Å². The number of benzene rings is 3. The van der Waals surface area contributed by atoms with E-state index in [0.29, 0.717) is 11.1 Å². The minimum atomic E-state index is -0.997. The van der Waals surface area contributed by atoms with E-state index >= 15 is 0 Å². The van der Waals surface area contributed by atoms with E-state index in [9.17, 15) is 12.7 Å². The minimum Gasteiger partial charge on any atom is -0.478 e. The Hall–Kier alpha value is -2.87. The molecule has 0 spiro atoms. The van der Waals surface area contributed by atoms with Crippen molar-refractivity contribution in [3.05, 3.63) is 104 Å². The molecular formula is C23H23IO5. The summed E-state index contributed by atoms with van der Waals surface area (Å²) in [6, 6.07) is 20.8. The third kappa shape index (κ3) is 8.78. The third-order valence-electron chi connectivity index (χ3n) is 3.70. The van der Waals surface area contributed by atoms with Crippen LogP contribution in [-0.4, -0.2) is 22.2 Å². The summed E-state index contributed by atoms with van der Waals surface area (Å²) in [5.74, 6) is -1.76. The first-order valence-electron chi connectivity index (χ1n) is 8.67. The summed E-state index contributed by atoms with van der Waals surface area (Å²) in [5, 5.41) is 16.8. The number of aromatic carboxylic acids is 2. The van der Waals surface area contributed by atoms with Crippen LogP contribution in [0.4, 0.5) is 0 Å². The Labute approximate surface area is 180 Å². The smallest absolute Gasteiger partial charge is 0.335 e. The zero-order valence-corrected chi connectivity index (χ0v) is 18.6. The SMILES string of the molecule is Cc1cc(C)c(I=O)c(C)c1.O=C(O)c1ccccc1.O=C(O)c1ccccc1. The fraction of sp³-hybridized carbons (Fsp3) is 0.130. The molecular weight excluding hydrogens is 483 g/mol. The monoisotopic (exact) mass is 506 g/mol. The summed E-state index contributed by atoms with van der Waals surface area (Å²) in [6.45, 7) is 6.10. The van der Waals surface area contributed by atoms with Crippen LogP contribution in [0.1, 0.15) is 37.4 Å². The van der Waals surface area contributed by atoms with Crippen molar-refractivity contribution in [3.8, 4) is 0 Å². The molecule has 29 heavy (non-hydrogen) atoms. The molecule has 3 rings (SSSR count). The first-order chi connectivity index (χ1) is 13.8. The lowest BCUT2D eigenvalue weighted by Gasteiger charge is -2.02. The van der Waals surface area contributed by atoms with Crippen molar-refractivity contribution >= 4 is 33.1 Å². The second kappa shape index (κ2) is 12.6. The number of carboxylic acid groups (broad SMARTS) is 2. The molecule has 0 fully saturated rings. The lowest BCUT2D eigenvalue weighted by molar-refractivity contribution is 0.0686. The fourth-order valence-electron chi connectivity index (χ4n) is 2.45. The average Bonchev–Trinajstić information content (AvgIpc) is 2.70. The number of carboxylic acids is 2. The van der Waals surface area contributed by atoms with E-state index in [2.05, 4.69) is 19.1 Å². The normalized spacial score (nSPS) is 9.34. The van der Waals surface area contributed by atoms with Gasteiger partial charge in [0.05, 0.1) is 14.7 Å². The third-order valence-corrected chi connectivity index (χ3v) is 5.84. The van der Waals surface area contributed by atoms with Gasteiger partial charge >= 0.3 is 11.9 Å². The van der Waals surface area contributed by atoms with Crippen LogP contribution in [0, 0.1) is 24.3 Å². The molecule has 0 atom stereocenters. The number of hydrogen-bond acceptors (Lipinski definition) is 3.